The van der Waals surface area contributed by atoms with Crippen LogP contribution < -0.4 is 14.8 Å². The molecule has 0 spiro atoms. The number of benzene rings is 2. The van der Waals surface area contributed by atoms with E-state index in [4.69, 9.17) is 14.2 Å². The summed E-state index contributed by atoms with van der Waals surface area (Å²) >= 11 is 0. The molecule has 5 heteroatoms. The van der Waals surface area contributed by atoms with Gasteiger partial charge >= 0.3 is 0 Å². The lowest BCUT2D eigenvalue weighted by Gasteiger charge is -2.29. The number of aryl methyl sites for hydroxylation is 1. The number of aliphatic hydroxyl groups excluding tert-OH is 1. The Morgan fingerprint density at radius 1 is 1.06 bits per heavy atom. The van der Waals surface area contributed by atoms with Crippen molar-refractivity contribution in [3.05, 3.63) is 59.2 Å². The number of para-hydroxylation sites is 1. The molecule has 2 atom stereocenters. The van der Waals surface area contributed by atoms with Crippen LogP contribution in [0, 0.1) is 12.8 Å². The first-order chi connectivity index (χ1) is 14.8. The molecule has 0 saturated heterocycles. The van der Waals surface area contributed by atoms with Crippen LogP contribution in [0.2, 0.25) is 0 Å². The van der Waals surface area contributed by atoms with Gasteiger partial charge in [0, 0.05) is 17.6 Å². The van der Waals surface area contributed by atoms with Gasteiger partial charge in [-0.05, 0) is 69.2 Å². The smallest absolute Gasteiger partial charge is 0.124 e. The molecule has 3 rings (SSSR count). The molecule has 5 nitrogen and oxygen atoms in total. The number of hydrogen-bond acceptors (Lipinski definition) is 5. The van der Waals surface area contributed by atoms with Gasteiger partial charge in [-0.15, -0.1) is 0 Å². The average molecular weight is 428 g/mol. The van der Waals surface area contributed by atoms with Gasteiger partial charge in [0.15, 0.2) is 0 Å². The first kappa shape index (κ1) is 23.6. The van der Waals surface area contributed by atoms with E-state index in [1.54, 1.807) is 14.2 Å². The fourth-order valence-corrected chi connectivity index (χ4v) is 4.07. The van der Waals surface area contributed by atoms with Crippen LogP contribution in [0.3, 0.4) is 0 Å². The maximum absolute atomic E-state index is 10.6. The summed E-state index contributed by atoms with van der Waals surface area (Å²) in [7, 11) is 3.38. The number of rotatable bonds is 12. The monoisotopic (exact) mass is 427 g/mol. The largest absolute Gasteiger partial charge is 0.496 e. The van der Waals surface area contributed by atoms with Crippen LogP contribution in [-0.4, -0.2) is 44.1 Å². The Labute approximate surface area is 186 Å². The molecular formula is C26H37NO4. The molecule has 1 aliphatic carbocycles. The van der Waals surface area contributed by atoms with Crippen LogP contribution in [0.4, 0.5) is 0 Å². The number of methoxy groups -OCH3 is 2. The first-order valence-electron chi connectivity index (χ1n) is 11.1. The van der Waals surface area contributed by atoms with Crippen molar-refractivity contribution in [3.8, 4) is 11.5 Å². The van der Waals surface area contributed by atoms with Crippen molar-refractivity contribution in [1.82, 2.24) is 5.32 Å². The number of ether oxygens (including phenoxy) is 3. The first-order valence-corrected chi connectivity index (χ1v) is 11.1. The molecule has 0 unspecified atom stereocenters. The number of aliphatic hydroxyl groups is 1. The summed E-state index contributed by atoms with van der Waals surface area (Å²) in [5, 5.41) is 14.1. The molecule has 0 aliphatic heterocycles. The molecule has 0 amide bonds. The van der Waals surface area contributed by atoms with Crippen LogP contribution in [0.25, 0.3) is 0 Å². The Morgan fingerprint density at radius 3 is 2.42 bits per heavy atom. The Kier molecular flexibility index (Phi) is 7.98. The van der Waals surface area contributed by atoms with E-state index in [1.807, 2.05) is 24.3 Å². The number of nitrogens with one attached hydrogen (secondary N) is 1. The fourth-order valence-electron chi connectivity index (χ4n) is 4.07. The highest BCUT2D eigenvalue weighted by atomic mass is 16.5. The predicted octanol–water partition coefficient (Wildman–Crippen LogP) is 4.45. The quantitative estimate of drug-likeness (QED) is 0.524. The van der Waals surface area contributed by atoms with E-state index in [0.717, 1.165) is 41.9 Å². The summed E-state index contributed by atoms with van der Waals surface area (Å²) in [6.45, 7) is 7.14. The third-order valence-corrected chi connectivity index (χ3v) is 5.89. The third-order valence-electron chi connectivity index (χ3n) is 5.89. The Balaban J connectivity index is 1.51. The molecule has 0 aromatic heterocycles. The van der Waals surface area contributed by atoms with Crippen LogP contribution in [0.5, 0.6) is 11.5 Å². The van der Waals surface area contributed by atoms with Gasteiger partial charge < -0.3 is 24.6 Å². The standard InChI is InChI=1S/C26H37NO4/c1-18-14-19(10-13-23(18)29-4)15-26(2,3)27-16-21(28)17-31-25(20-11-12-20)22-8-6-7-9-24(22)30-5/h6-10,13-14,20-21,25,27-28H,11-12,15-17H2,1-5H3/t21-,25-/m1/s1. The van der Waals surface area contributed by atoms with E-state index in [2.05, 4.69) is 44.3 Å². The Morgan fingerprint density at radius 2 is 1.77 bits per heavy atom. The molecule has 31 heavy (non-hydrogen) atoms. The predicted molar refractivity (Wildman–Crippen MR) is 124 cm³/mol. The normalized spacial score (nSPS) is 16.1. The van der Waals surface area contributed by atoms with Crippen LogP contribution in [0.15, 0.2) is 42.5 Å². The van der Waals surface area contributed by atoms with E-state index in [9.17, 15) is 5.11 Å². The maximum atomic E-state index is 10.6. The highest BCUT2D eigenvalue weighted by Crippen LogP contribution is 2.45. The van der Waals surface area contributed by atoms with Gasteiger partial charge in [0.1, 0.15) is 11.5 Å². The average Bonchev–Trinajstić information content (AvgIpc) is 3.58. The summed E-state index contributed by atoms with van der Waals surface area (Å²) in [5.41, 5.74) is 3.29. The summed E-state index contributed by atoms with van der Waals surface area (Å²) in [5.74, 6) is 2.26. The van der Waals surface area contributed by atoms with Gasteiger partial charge in [-0.1, -0.05) is 30.3 Å². The topological polar surface area (TPSA) is 60.0 Å². The van der Waals surface area contributed by atoms with Crippen molar-refractivity contribution >= 4 is 0 Å². The minimum Gasteiger partial charge on any atom is -0.496 e. The molecule has 2 N–H and O–H groups in total. The molecule has 1 fully saturated rings. The van der Waals surface area contributed by atoms with Crippen molar-refractivity contribution < 1.29 is 19.3 Å². The molecule has 1 aliphatic rings. The summed E-state index contributed by atoms with van der Waals surface area (Å²) in [6, 6.07) is 14.3. The summed E-state index contributed by atoms with van der Waals surface area (Å²) in [6.07, 6.45) is 2.57. The Bertz CT molecular complexity index is 847. The SMILES string of the molecule is COc1ccc(CC(C)(C)NC[C@@H](O)CO[C@@H](c2ccccc2OC)C2CC2)cc1C. The summed E-state index contributed by atoms with van der Waals surface area (Å²) in [4.78, 5) is 0. The molecule has 2 aromatic carbocycles. The second kappa shape index (κ2) is 10.5. The van der Waals surface area contributed by atoms with Gasteiger partial charge in [-0.25, -0.2) is 0 Å². The van der Waals surface area contributed by atoms with Gasteiger partial charge in [0.05, 0.1) is 33.0 Å². The van der Waals surface area contributed by atoms with Gasteiger partial charge in [-0.2, -0.15) is 0 Å². The van der Waals surface area contributed by atoms with Gasteiger partial charge in [-0.3, -0.25) is 0 Å². The lowest BCUT2D eigenvalue weighted by Crippen LogP contribution is -2.46. The molecular weight excluding hydrogens is 390 g/mol. The van der Waals surface area contributed by atoms with E-state index < -0.39 is 6.10 Å². The third kappa shape index (κ3) is 6.70. The van der Waals surface area contributed by atoms with Crippen molar-refractivity contribution in [1.29, 1.82) is 0 Å². The number of hydrogen-bond donors (Lipinski definition) is 2. The Hall–Kier alpha value is -2.08. The molecule has 2 aromatic rings. The second-order valence-corrected chi connectivity index (χ2v) is 9.23. The minimum absolute atomic E-state index is 0.0268. The zero-order valence-corrected chi connectivity index (χ0v) is 19.5. The van der Waals surface area contributed by atoms with Crippen molar-refractivity contribution in [2.75, 3.05) is 27.4 Å². The number of β-amino-alcohol motifs (C(OH)–C–C–N with tert-alkyl or cyclic N) is 1. The highest BCUT2D eigenvalue weighted by molar-refractivity contribution is 5.37. The molecule has 0 heterocycles. The minimum atomic E-state index is -0.576. The van der Waals surface area contributed by atoms with Crippen molar-refractivity contribution in [3.63, 3.8) is 0 Å². The molecule has 0 bridgehead atoms. The summed E-state index contributed by atoms with van der Waals surface area (Å²) < 4.78 is 17.1. The van der Waals surface area contributed by atoms with E-state index in [1.165, 1.54) is 5.56 Å². The van der Waals surface area contributed by atoms with Crippen molar-refractivity contribution in [2.45, 2.75) is 57.8 Å². The van der Waals surface area contributed by atoms with E-state index in [0.29, 0.717) is 19.1 Å². The lowest BCUT2D eigenvalue weighted by atomic mass is 9.93. The fraction of sp³-hybridized carbons (Fsp3) is 0.538. The zero-order chi connectivity index (χ0) is 22.4. The zero-order valence-electron chi connectivity index (χ0n) is 19.5. The highest BCUT2D eigenvalue weighted by Gasteiger charge is 2.35. The molecule has 170 valence electrons. The maximum Gasteiger partial charge on any atom is 0.124 e. The van der Waals surface area contributed by atoms with Crippen LogP contribution in [-0.2, 0) is 11.2 Å². The molecule has 1 saturated carbocycles. The van der Waals surface area contributed by atoms with Gasteiger partial charge in [0.2, 0.25) is 0 Å². The lowest BCUT2D eigenvalue weighted by molar-refractivity contribution is -0.0219. The van der Waals surface area contributed by atoms with E-state index in [-0.39, 0.29) is 11.6 Å². The van der Waals surface area contributed by atoms with Crippen LogP contribution in [0.1, 0.15) is 49.5 Å². The molecule has 0 radical (unpaired) electrons. The van der Waals surface area contributed by atoms with Crippen LogP contribution >= 0.6 is 0 Å². The van der Waals surface area contributed by atoms with Crippen molar-refractivity contribution in [2.24, 2.45) is 5.92 Å². The van der Waals surface area contributed by atoms with Gasteiger partial charge in [0.25, 0.3) is 0 Å². The second-order valence-electron chi connectivity index (χ2n) is 9.23. The van der Waals surface area contributed by atoms with E-state index >= 15 is 0 Å².